The van der Waals surface area contributed by atoms with E-state index in [1.54, 1.807) is 24.3 Å². The van der Waals surface area contributed by atoms with E-state index in [0.717, 1.165) is 3.57 Å². The maximum atomic E-state index is 11.9. The summed E-state index contributed by atoms with van der Waals surface area (Å²) < 4.78 is 6.51. The summed E-state index contributed by atoms with van der Waals surface area (Å²) in [4.78, 5) is 22.9. The topological polar surface area (TPSA) is 67.4 Å². The summed E-state index contributed by atoms with van der Waals surface area (Å²) in [5, 5.41) is 5.38. The van der Waals surface area contributed by atoms with Gasteiger partial charge < -0.3 is 15.4 Å². The average molecular weight is 410 g/mol. The highest BCUT2D eigenvalue weighted by Gasteiger charge is 2.05. The lowest BCUT2D eigenvalue weighted by Gasteiger charge is -2.09. The summed E-state index contributed by atoms with van der Waals surface area (Å²) in [7, 11) is 0. The minimum absolute atomic E-state index is 0.0784. The highest BCUT2D eigenvalue weighted by Crippen LogP contribution is 2.16. The number of rotatable bonds is 5. The number of halogens is 1. The molecule has 0 aliphatic heterocycles. The number of benzene rings is 2. The predicted molar refractivity (Wildman–Crippen MR) is 94.0 cm³/mol. The predicted octanol–water partition coefficient (Wildman–Crippen LogP) is 3.27. The molecule has 0 fully saturated rings. The van der Waals surface area contributed by atoms with Gasteiger partial charge >= 0.3 is 0 Å². The molecule has 0 atom stereocenters. The number of ether oxygens (including phenoxy) is 1. The Balaban J connectivity index is 1.89. The van der Waals surface area contributed by atoms with Crippen LogP contribution < -0.4 is 15.4 Å². The fourth-order valence-electron chi connectivity index (χ4n) is 1.75. The summed E-state index contributed by atoms with van der Waals surface area (Å²) in [6.45, 7) is 1.35. The van der Waals surface area contributed by atoms with Gasteiger partial charge in [-0.1, -0.05) is 6.07 Å². The molecule has 114 valence electrons. The maximum absolute atomic E-state index is 11.9. The van der Waals surface area contributed by atoms with Crippen molar-refractivity contribution in [2.45, 2.75) is 6.92 Å². The number of amides is 2. The molecule has 5 nitrogen and oxygen atoms in total. The van der Waals surface area contributed by atoms with Crippen molar-refractivity contribution < 1.29 is 14.3 Å². The van der Waals surface area contributed by atoms with E-state index < -0.39 is 0 Å². The second-order valence-corrected chi connectivity index (χ2v) is 5.80. The van der Waals surface area contributed by atoms with Gasteiger partial charge in [0.15, 0.2) is 6.61 Å². The molecular formula is C16H15IN2O3. The van der Waals surface area contributed by atoms with Crippen molar-refractivity contribution in [1.29, 1.82) is 0 Å². The Morgan fingerprint density at radius 3 is 2.32 bits per heavy atom. The van der Waals surface area contributed by atoms with E-state index >= 15 is 0 Å². The molecule has 6 heteroatoms. The lowest BCUT2D eigenvalue weighted by Crippen LogP contribution is -2.20. The van der Waals surface area contributed by atoms with Gasteiger partial charge in [-0.2, -0.15) is 0 Å². The Morgan fingerprint density at radius 2 is 1.68 bits per heavy atom. The number of nitrogens with one attached hydrogen (secondary N) is 2. The van der Waals surface area contributed by atoms with Gasteiger partial charge in [0.2, 0.25) is 5.91 Å². The van der Waals surface area contributed by atoms with Crippen LogP contribution >= 0.6 is 22.6 Å². The van der Waals surface area contributed by atoms with Crippen LogP contribution in [0.4, 0.5) is 11.4 Å². The summed E-state index contributed by atoms with van der Waals surface area (Å²) >= 11 is 2.20. The second kappa shape index (κ2) is 7.79. The Morgan fingerprint density at radius 1 is 1.05 bits per heavy atom. The van der Waals surface area contributed by atoms with Crippen LogP contribution in [0, 0.1) is 3.57 Å². The zero-order chi connectivity index (χ0) is 15.9. The average Bonchev–Trinajstić information content (AvgIpc) is 2.46. The molecule has 0 radical (unpaired) electrons. The first-order valence-electron chi connectivity index (χ1n) is 6.59. The highest BCUT2D eigenvalue weighted by molar-refractivity contribution is 14.1. The zero-order valence-corrected chi connectivity index (χ0v) is 14.1. The summed E-state index contributed by atoms with van der Waals surface area (Å²) in [6.07, 6.45) is 0. The SMILES string of the molecule is CC(=O)Nc1cccc(NC(=O)COc2ccc(I)cc2)c1. The third-order valence-electron chi connectivity index (χ3n) is 2.65. The van der Waals surface area contributed by atoms with Crippen LogP contribution in [-0.4, -0.2) is 18.4 Å². The molecule has 0 aromatic heterocycles. The van der Waals surface area contributed by atoms with Gasteiger partial charge in [0, 0.05) is 21.9 Å². The van der Waals surface area contributed by atoms with Crippen molar-refractivity contribution in [1.82, 2.24) is 0 Å². The maximum Gasteiger partial charge on any atom is 0.262 e. The van der Waals surface area contributed by atoms with Gasteiger partial charge in [-0.3, -0.25) is 9.59 Å². The number of hydrogen-bond donors (Lipinski definition) is 2. The Labute approximate surface area is 142 Å². The van der Waals surface area contributed by atoms with Gasteiger partial charge in [0.1, 0.15) is 5.75 Å². The van der Waals surface area contributed by atoms with Crippen LogP contribution in [0.15, 0.2) is 48.5 Å². The van der Waals surface area contributed by atoms with E-state index in [1.165, 1.54) is 6.92 Å². The quantitative estimate of drug-likeness (QED) is 0.744. The first kappa shape index (κ1) is 16.3. The van der Waals surface area contributed by atoms with Gasteiger partial charge in [-0.05, 0) is 65.1 Å². The largest absolute Gasteiger partial charge is 0.484 e. The van der Waals surface area contributed by atoms with Gasteiger partial charge in [-0.25, -0.2) is 0 Å². The van der Waals surface area contributed by atoms with Crippen LogP contribution in [0.5, 0.6) is 5.75 Å². The van der Waals surface area contributed by atoms with Gasteiger partial charge in [0.05, 0.1) is 0 Å². The molecule has 0 saturated carbocycles. The fraction of sp³-hybridized carbons (Fsp3) is 0.125. The zero-order valence-electron chi connectivity index (χ0n) is 11.9. The lowest BCUT2D eigenvalue weighted by atomic mass is 10.2. The standard InChI is InChI=1S/C16H15IN2O3/c1-11(20)18-13-3-2-4-14(9-13)19-16(21)10-22-15-7-5-12(17)6-8-15/h2-9H,10H2,1H3,(H,18,20)(H,19,21). The van der Waals surface area contributed by atoms with Crippen LogP contribution in [-0.2, 0) is 9.59 Å². The van der Waals surface area contributed by atoms with E-state index in [0.29, 0.717) is 17.1 Å². The molecule has 0 bridgehead atoms. The van der Waals surface area contributed by atoms with Crippen molar-refractivity contribution in [3.05, 3.63) is 52.1 Å². The number of hydrogen-bond acceptors (Lipinski definition) is 3. The smallest absolute Gasteiger partial charge is 0.262 e. The molecule has 2 aromatic rings. The number of carbonyl (C=O) groups excluding carboxylic acids is 2. The minimum atomic E-state index is -0.265. The van der Waals surface area contributed by atoms with Crippen molar-refractivity contribution in [3.8, 4) is 5.75 Å². The van der Waals surface area contributed by atoms with Crippen LogP contribution in [0.1, 0.15) is 6.92 Å². The third kappa shape index (κ3) is 5.36. The lowest BCUT2D eigenvalue weighted by molar-refractivity contribution is -0.118. The molecule has 2 aromatic carbocycles. The number of carbonyl (C=O) groups is 2. The summed E-state index contributed by atoms with van der Waals surface area (Å²) in [6, 6.07) is 14.4. The summed E-state index contributed by atoms with van der Waals surface area (Å²) in [5.74, 6) is 0.214. The first-order valence-corrected chi connectivity index (χ1v) is 7.67. The Kier molecular flexibility index (Phi) is 5.76. The van der Waals surface area contributed by atoms with Gasteiger partial charge in [-0.15, -0.1) is 0 Å². The van der Waals surface area contributed by atoms with Crippen LogP contribution in [0.3, 0.4) is 0 Å². The van der Waals surface area contributed by atoms with E-state index in [4.69, 9.17) is 4.74 Å². The Bertz CT molecular complexity index is 671. The molecule has 0 unspecified atom stereocenters. The fourth-order valence-corrected chi connectivity index (χ4v) is 2.11. The van der Waals surface area contributed by atoms with Crippen LogP contribution in [0.25, 0.3) is 0 Å². The van der Waals surface area contributed by atoms with Crippen molar-refractivity contribution in [2.24, 2.45) is 0 Å². The molecule has 0 saturated heterocycles. The molecule has 0 aliphatic carbocycles. The number of anilines is 2. The second-order valence-electron chi connectivity index (χ2n) is 4.55. The van der Waals surface area contributed by atoms with Gasteiger partial charge in [0.25, 0.3) is 5.91 Å². The molecule has 2 rings (SSSR count). The normalized spacial score (nSPS) is 9.91. The first-order chi connectivity index (χ1) is 10.5. The van der Waals surface area contributed by atoms with Crippen molar-refractivity contribution in [3.63, 3.8) is 0 Å². The molecule has 0 aliphatic rings. The van der Waals surface area contributed by atoms with Crippen LogP contribution in [0.2, 0.25) is 0 Å². The van der Waals surface area contributed by atoms with E-state index in [9.17, 15) is 9.59 Å². The third-order valence-corrected chi connectivity index (χ3v) is 3.37. The van der Waals surface area contributed by atoms with E-state index in [1.807, 2.05) is 24.3 Å². The Hall–Kier alpha value is -2.09. The monoisotopic (exact) mass is 410 g/mol. The minimum Gasteiger partial charge on any atom is -0.484 e. The molecule has 2 N–H and O–H groups in total. The van der Waals surface area contributed by atoms with E-state index in [-0.39, 0.29) is 18.4 Å². The van der Waals surface area contributed by atoms with E-state index in [2.05, 4.69) is 33.2 Å². The molecule has 0 spiro atoms. The van der Waals surface area contributed by atoms with Crippen molar-refractivity contribution >= 4 is 45.8 Å². The molecule has 0 heterocycles. The molecule has 22 heavy (non-hydrogen) atoms. The molecular weight excluding hydrogens is 395 g/mol. The summed E-state index contributed by atoms with van der Waals surface area (Å²) in [5.41, 5.74) is 1.23. The highest BCUT2D eigenvalue weighted by atomic mass is 127. The van der Waals surface area contributed by atoms with Crippen molar-refractivity contribution in [2.75, 3.05) is 17.2 Å². The molecule has 2 amide bonds.